The fourth-order valence-electron chi connectivity index (χ4n) is 4.61. The molecule has 1 atom stereocenters. The zero-order valence-corrected chi connectivity index (χ0v) is 17.6. The maximum Gasteiger partial charge on any atom is 0.168 e. The van der Waals surface area contributed by atoms with Crippen LogP contribution >= 0.6 is 11.6 Å². The van der Waals surface area contributed by atoms with E-state index in [-0.39, 0.29) is 11.3 Å². The molecule has 1 N–H and O–H groups in total. The molecule has 3 aromatic rings. The van der Waals surface area contributed by atoms with Crippen LogP contribution in [0.1, 0.15) is 43.6 Å². The molecule has 0 saturated carbocycles. The van der Waals surface area contributed by atoms with Gasteiger partial charge in [0.25, 0.3) is 0 Å². The van der Waals surface area contributed by atoms with Crippen LogP contribution in [0.2, 0.25) is 5.02 Å². The van der Waals surface area contributed by atoms with Crippen molar-refractivity contribution < 1.29 is 13.5 Å². The lowest BCUT2D eigenvalue weighted by Gasteiger charge is -2.37. The van der Waals surface area contributed by atoms with Crippen LogP contribution in [0.4, 0.5) is 14.5 Å². The summed E-state index contributed by atoms with van der Waals surface area (Å²) in [6, 6.07) is 13.4. The van der Waals surface area contributed by atoms with Gasteiger partial charge in [0.2, 0.25) is 0 Å². The molecular formula is C25H20ClF2NO. The molecule has 0 bridgehead atoms. The standard InChI is InChI=1S/C25H20ClF2NO/c1-13-12-25(2,3)29-20-8-7-17-18-10-16(27)11-19(28)24(18)30-23(22(17)21(13)20)14-5-4-6-15(26)9-14/h4-12,23,29H,1-3H3. The molecule has 0 radical (unpaired) electrons. The summed E-state index contributed by atoms with van der Waals surface area (Å²) in [5, 5.41) is 4.11. The lowest BCUT2D eigenvalue weighted by molar-refractivity contribution is 0.231. The first-order chi connectivity index (χ1) is 14.2. The number of hydrogen-bond acceptors (Lipinski definition) is 2. The van der Waals surface area contributed by atoms with Crippen molar-refractivity contribution in [2.45, 2.75) is 32.4 Å². The summed E-state index contributed by atoms with van der Waals surface area (Å²) in [4.78, 5) is 0. The first-order valence-corrected chi connectivity index (χ1v) is 10.2. The lowest BCUT2D eigenvalue weighted by atomic mass is 9.80. The Kier molecular flexibility index (Phi) is 4.19. The second-order valence-corrected chi connectivity index (χ2v) is 8.88. The maximum atomic E-state index is 14.7. The minimum atomic E-state index is -0.716. The smallest absolute Gasteiger partial charge is 0.168 e. The summed E-state index contributed by atoms with van der Waals surface area (Å²) >= 11 is 6.25. The van der Waals surface area contributed by atoms with Gasteiger partial charge in [-0.2, -0.15) is 0 Å². The lowest BCUT2D eigenvalue weighted by Crippen LogP contribution is -2.32. The molecule has 1 unspecified atom stereocenters. The van der Waals surface area contributed by atoms with Gasteiger partial charge < -0.3 is 10.1 Å². The molecule has 2 heterocycles. The topological polar surface area (TPSA) is 21.3 Å². The number of benzene rings is 3. The number of rotatable bonds is 1. The zero-order chi connectivity index (χ0) is 21.2. The molecule has 3 aromatic carbocycles. The first-order valence-electron chi connectivity index (χ1n) is 9.80. The van der Waals surface area contributed by atoms with Crippen molar-refractivity contribution in [2.24, 2.45) is 0 Å². The van der Waals surface area contributed by atoms with E-state index in [0.29, 0.717) is 10.6 Å². The van der Waals surface area contributed by atoms with Gasteiger partial charge in [0.05, 0.1) is 5.54 Å². The minimum absolute atomic E-state index is 0.0551. The Morgan fingerprint density at radius 1 is 1.03 bits per heavy atom. The largest absolute Gasteiger partial charge is 0.477 e. The third-order valence-electron chi connectivity index (χ3n) is 5.62. The van der Waals surface area contributed by atoms with Crippen molar-refractivity contribution in [3.63, 3.8) is 0 Å². The maximum absolute atomic E-state index is 14.7. The molecule has 0 saturated heterocycles. The van der Waals surface area contributed by atoms with Gasteiger partial charge in [-0.15, -0.1) is 0 Å². The Morgan fingerprint density at radius 2 is 1.83 bits per heavy atom. The van der Waals surface area contributed by atoms with Gasteiger partial charge in [-0.05, 0) is 61.7 Å². The van der Waals surface area contributed by atoms with Crippen molar-refractivity contribution >= 4 is 22.9 Å². The fraction of sp³-hybridized carbons (Fsp3) is 0.200. The molecule has 0 aliphatic carbocycles. The number of halogens is 3. The van der Waals surface area contributed by atoms with Crippen molar-refractivity contribution in [3.05, 3.63) is 88.0 Å². The van der Waals surface area contributed by atoms with Crippen LogP contribution < -0.4 is 10.1 Å². The molecule has 152 valence electrons. The van der Waals surface area contributed by atoms with Crippen molar-refractivity contribution in [1.82, 2.24) is 0 Å². The minimum Gasteiger partial charge on any atom is -0.477 e. The average Bonchev–Trinajstić information content (AvgIpc) is 2.65. The van der Waals surface area contributed by atoms with Gasteiger partial charge in [-0.3, -0.25) is 0 Å². The summed E-state index contributed by atoms with van der Waals surface area (Å²) in [6.07, 6.45) is 1.58. The van der Waals surface area contributed by atoms with Crippen LogP contribution in [0.5, 0.6) is 5.75 Å². The number of allylic oxidation sites excluding steroid dienone is 1. The highest BCUT2D eigenvalue weighted by atomic mass is 35.5. The van der Waals surface area contributed by atoms with Crippen LogP contribution in [-0.2, 0) is 0 Å². The van der Waals surface area contributed by atoms with E-state index in [4.69, 9.17) is 16.3 Å². The Morgan fingerprint density at radius 3 is 2.60 bits per heavy atom. The van der Waals surface area contributed by atoms with Crippen LogP contribution in [0.25, 0.3) is 16.7 Å². The Hall–Kier alpha value is -2.85. The number of ether oxygens (including phenoxy) is 1. The average molecular weight is 424 g/mol. The van der Waals surface area contributed by atoms with Gasteiger partial charge in [-0.1, -0.05) is 35.9 Å². The quantitative estimate of drug-likeness (QED) is 0.441. The van der Waals surface area contributed by atoms with Crippen LogP contribution in [0.15, 0.2) is 54.6 Å². The molecule has 2 aliphatic heterocycles. The van der Waals surface area contributed by atoms with Crippen molar-refractivity contribution in [1.29, 1.82) is 0 Å². The molecule has 0 spiro atoms. The highest BCUT2D eigenvalue weighted by Crippen LogP contribution is 2.51. The van der Waals surface area contributed by atoms with Gasteiger partial charge in [0.1, 0.15) is 5.82 Å². The van der Waals surface area contributed by atoms with E-state index in [1.54, 1.807) is 6.07 Å². The first kappa shape index (κ1) is 19.1. The van der Waals surface area contributed by atoms with E-state index in [1.165, 1.54) is 6.07 Å². The number of fused-ring (bicyclic) bond motifs is 5. The van der Waals surface area contributed by atoms with Gasteiger partial charge in [0, 0.05) is 33.5 Å². The molecule has 2 nitrogen and oxygen atoms in total. The number of hydrogen-bond donors (Lipinski definition) is 1. The van der Waals surface area contributed by atoms with Gasteiger partial charge >= 0.3 is 0 Å². The molecule has 5 heteroatoms. The van der Waals surface area contributed by atoms with Crippen molar-refractivity contribution in [2.75, 3.05) is 5.32 Å². The molecule has 2 aliphatic rings. The van der Waals surface area contributed by atoms with Crippen LogP contribution in [0.3, 0.4) is 0 Å². The highest BCUT2D eigenvalue weighted by molar-refractivity contribution is 6.30. The second kappa shape index (κ2) is 6.58. The molecule has 0 amide bonds. The summed E-state index contributed by atoms with van der Waals surface area (Å²) in [7, 11) is 0. The molecule has 0 fully saturated rings. The molecule has 0 aromatic heterocycles. The van der Waals surface area contributed by atoms with Crippen LogP contribution in [-0.4, -0.2) is 5.54 Å². The zero-order valence-electron chi connectivity index (χ0n) is 16.8. The third-order valence-corrected chi connectivity index (χ3v) is 5.86. The monoisotopic (exact) mass is 423 g/mol. The fourth-order valence-corrected chi connectivity index (χ4v) is 4.81. The van der Waals surface area contributed by atoms with Gasteiger partial charge in [-0.25, -0.2) is 8.78 Å². The van der Waals surface area contributed by atoms with E-state index in [9.17, 15) is 8.78 Å². The summed E-state index contributed by atoms with van der Waals surface area (Å²) in [6.45, 7) is 6.26. The molecule has 5 rings (SSSR count). The Labute approximate surface area is 179 Å². The summed E-state index contributed by atoms with van der Waals surface area (Å²) in [5.74, 6) is -1.29. The third kappa shape index (κ3) is 2.98. The van der Waals surface area contributed by atoms with Gasteiger partial charge in [0.15, 0.2) is 17.7 Å². The summed E-state index contributed by atoms with van der Waals surface area (Å²) < 4.78 is 35.0. The summed E-state index contributed by atoms with van der Waals surface area (Å²) in [5.41, 5.74) is 5.70. The van der Waals surface area contributed by atoms with E-state index in [2.05, 4.69) is 32.2 Å². The number of anilines is 1. The van der Waals surface area contributed by atoms with E-state index in [0.717, 1.165) is 39.6 Å². The second-order valence-electron chi connectivity index (χ2n) is 8.44. The highest BCUT2D eigenvalue weighted by Gasteiger charge is 2.35. The predicted octanol–water partition coefficient (Wildman–Crippen LogP) is 7.37. The Balaban J connectivity index is 1.84. The predicted molar refractivity (Wildman–Crippen MR) is 117 cm³/mol. The Bertz CT molecular complexity index is 1230. The van der Waals surface area contributed by atoms with E-state index >= 15 is 0 Å². The van der Waals surface area contributed by atoms with E-state index in [1.807, 2.05) is 30.3 Å². The molecule has 30 heavy (non-hydrogen) atoms. The van der Waals surface area contributed by atoms with Crippen LogP contribution in [0, 0.1) is 11.6 Å². The number of nitrogens with one attached hydrogen (secondary N) is 1. The molecular weight excluding hydrogens is 404 g/mol. The SMILES string of the molecule is CC1=CC(C)(C)Nc2ccc3c(c21)C(c1cccc(Cl)c1)Oc1c(F)cc(F)cc1-3. The van der Waals surface area contributed by atoms with E-state index < -0.39 is 17.7 Å². The van der Waals surface area contributed by atoms with Crippen molar-refractivity contribution in [3.8, 4) is 16.9 Å². The normalized spacial score (nSPS) is 18.3.